The van der Waals surface area contributed by atoms with Crippen LogP contribution in [0.25, 0.3) is 5.69 Å². The molecule has 2 rings (SSSR count). The SMILES string of the molecule is Cc1c(C=O)cc(C(C)C)n1-c1ccc(F)cc1C(F)(F)F. The Morgan fingerprint density at radius 1 is 1.18 bits per heavy atom. The van der Waals surface area contributed by atoms with E-state index in [1.165, 1.54) is 4.57 Å². The molecular formula is C16H15F4NO. The van der Waals surface area contributed by atoms with E-state index in [9.17, 15) is 22.4 Å². The zero-order valence-corrected chi connectivity index (χ0v) is 12.3. The van der Waals surface area contributed by atoms with E-state index >= 15 is 0 Å². The van der Waals surface area contributed by atoms with Crippen molar-refractivity contribution in [3.8, 4) is 5.69 Å². The van der Waals surface area contributed by atoms with Crippen molar-refractivity contribution >= 4 is 6.29 Å². The molecular weight excluding hydrogens is 298 g/mol. The third-order valence-electron chi connectivity index (χ3n) is 3.54. The average Bonchev–Trinajstić information content (AvgIpc) is 2.75. The highest BCUT2D eigenvalue weighted by Crippen LogP contribution is 2.37. The fourth-order valence-electron chi connectivity index (χ4n) is 2.45. The van der Waals surface area contributed by atoms with Gasteiger partial charge in [0.15, 0.2) is 6.29 Å². The molecule has 6 heteroatoms. The van der Waals surface area contributed by atoms with Crippen LogP contribution >= 0.6 is 0 Å². The minimum atomic E-state index is -4.69. The molecule has 0 saturated carbocycles. The lowest BCUT2D eigenvalue weighted by Gasteiger charge is -2.19. The summed E-state index contributed by atoms with van der Waals surface area (Å²) in [5, 5.41) is 0. The molecule has 1 aromatic heterocycles. The van der Waals surface area contributed by atoms with Crippen LogP contribution < -0.4 is 0 Å². The molecule has 0 fully saturated rings. The maximum absolute atomic E-state index is 13.3. The largest absolute Gasteiger partial charge is 0.418 e. The van der Waals surface area contributed by atoms with Crippen LogP contribution in [0.1, 0.15) is 47.1 Å². The number of aldehydes is 1. The predicted molar refractivity (Wildman–Crippen MR) is 74.9 cm³/mol. The van der Waals surface area contributed by atoms with Gasteiger partial charge in [0.05, 0.1) is 11.3 Å². The Morgan fingerprint density at radius 2 is 1.82 bits per heavy atom. The van der Waals surface area contributed by atoms with E-state index in [1.807, 2.05) is 13.8 Å². The normalized spacial score (nSPS) is 12.0. The molecule has 118 valence electrons. The summed E-state index contributed by atoms with van der Waals surface area (Å²) in [7, 11) is 0. The maximum atomic E-state index is 13.3. The third kappa shape index (κ3) is 2.77. The van der Waals surface area contributed by atoms with Crippen LogP contribution in [0.5, 0.6) is 0 Å². The van der Waals surface area contributed by atoms with Crippen molar-refractivity contribution in [3.05, 3.63) is 52.6 Å². The first kappa shape index (κ1) is 16.3. The number of alkyl halides is 3. The molecule has 2 aromatic rings. The van der Waals surface area contributed by atoms with Crippen LogP contribution in [0.15, 0.2) is 24.3 Å². The van der Waals surface area contributed by atoms with Gasteiger partial charge in [0.25, 0.3) is 0 Å². The molecule has 0 amide bonds. The number of halogens is 4. The van der Waals surface area contributed by atoms with Crippen LogP contribution in [-0.4, -0.2) is 10.9 Å². The number of hydrogen-bond donors (Lipinski definition) is 0. The monoisotopic (exact) mass is 313 g/mol. The quantitative estimate of drug-likeness (QED) is 0.585. The van der Waals surface area contributed by atoms with Crippen molar-refractivity contribution in [2.45, 2.75) is 32.9 Å². The summed E-state index contributed by atoms with van der Waals surface area (Å²) in [6.45, 7) is 5.20. The number of nitrogens with zero attached hydrogens (tertiary/aromatic N) is 1. The summed E-state index contributed by atoms with van der Waals surface area (Å²) >= 11 is 0. The lowest BCUT2D eigenvalue weighted by molar-refractivity contribution is -0.137. The molecule has 0 bridgehead atoms. The Morgan fingerprint density at radius 3 is 2.32 bits per heavy atom. The molecule has 0 aliphatic carbocycles. The van der Waals surface area contributed by atoms with E-state index in [1.54, 1.807) is 13.0 Å². The standard InChI is InChI=1S/C16H15F4NO/c1-9(2)15-6-11(8-22)10(3)21(15)14-5-4-12(17)7-13(14)16(18,19)20/h4-9H,1-3H3. The second kappa shape index (κ2) is 5.59. The van der Waals surface area contributed by atoms with Crippen molar-refractivity contribution in [3.63, 3.8) is 0 Å². The van der Waals surface area contributed by atoms with Gasteiger partial charge in [0.2, 0.25) is 0 Å². The molecule has 0 unspecified atom stereocenters. The zero-order valence-electron chi connectivity index (χ0n) is 12.3. The number of aromatic nitrogens is 1. The maximum Gasteiger partial charge on any atom is 0.418 e. The molecule has 0 spiro atoms. The Kier molecular flexibility index (Phi) is 4.13. The zero-order chi connectivity index (χ0) is 16.7. The minimum Gasteiger partial charge on any atom is -0.317 e. The number of hydrogen-bond acceptors (Lipinski definition) is 1. The number of carbonyl (C=O) groups is 1. The molecule has 0 aliphatic rings. The van der Waals surface area contributed by atoms with E-state index in [4.69, 9.17) is 0 Å². The fourth-order valence-corrected chi connectivity index (χ4v) is 2.45. The van der Waals surface area contributed by atoms with Crippen LogP contribution in [0, 0.1) is 12.7 Å². The van der Waals surface area contributed by atoms with E-state index in [0.29, 0.717) is 29.3 Å². The van der Waals surface area contributed by atoms with Crippen LogP contribution in [0.3, 0.4) is 0 Å². The van der Waals surface area contributed by atoms with Crippen LogP contribution in [-0.2, 0) is 6.18 Å². The van der Waals surface area contributed by atoms with Gasteiger partial charge in [0.1, 0.15) is 5.82 Å². The highest BCUT2D eigenvalue weighted by molar-refractivity contribution is 5.78. The Balaban J connectivity index is 2.82. The summed E-state index contributed by atoms with van der Waals surface area (Å²) in [6, 6.07) is 4.11. The Bertz CT molecular complexity index is 714. The van der Waals surface area contributed by atoms with Gasteiger partial charge in [-0.2, -0.15) is 13.2 Å². The molecule has 0 saturated heterocycles. The van der Waals surface area contributed by atoms with Gasteiger partial charge in [-0.25, -0.2) is 4.39 Å². The Labute approximate surface area is 125 Å². The highest BCUT2D eigenvalue weighted by Gasteiger charge is 2.35. The van der Waals surface area contributed by atoms with Gasteiger partial charge in [-0.15, -0.1) is 0 Å². The fraction of sp³-hybridized carbons (Fsp3) is 0.312. The third-order valence-corrected chi connectivity index (χ3v) is 3.54. The lowest BCUT2D eigenvalue weighted by Crippen LogP contribution is -2.14. The van der Waals surface area contributed by atoms with Gasteiger partial charge in [-0.3, -0.25) is 4.79 Å². The van der Waals surface area contributed by atoms with Crippen molar-refractivity contribution in [2.75, 3.05) is 0 Å². The van der Waals surface area contributed by atoms with Crippen LogP contribution in [0.2, 0.25) is 0 Å². The van der Waals surface area contributed by atoms with Gasteiger partial charge in [0, 0.05) is 17.0 Å². The van der Waals surface area contributed by atoms with Crippen molar-refractivity contribution in [1.82, 2.24) is 4.57 Å². The molecule has 0 aliphatic heterocycles. The van der Waals surface area contributed by atoms with Gasteiger partial charge < -0.3 is 4.57 Å². The van der Waals surface area contributed by atoms with Gasteiger partial charge in [-0.05, 0) is 37.1 Å². The van der Waals surface area contributed by atoms with Crippen molar-refractivity contribution in [1.29, 1.82) is 0 Å². The molecule has 2 nitrogen and oxygen atoms in total. The highest BCUT2D eigenvalue weighted by atomic mass is 19.4. The van der Waals surface area contributed by atoms with Crippen LogP contribution in [0.4, 0.5) is 17.6 Å². The summed E-state index contributed by atoms with van der Waals surface area (Å²) in [5.74, 6) is -1.05. The Hall–Kier alpha value is -2.11. The van der Waals surface area contributed by atoms with E-state index in [-0.39, 0.29) is 11.6 Å². The number of benzene rings is 1. The van der Waals surface area contributed by atoms with E-state index in [2.05, 4.69) is 0 Å². The first-order chi connectivity index (χ1) is 10.2. The molecule has 1 heterocycles. The summed E-state index contributed by atoms with van der Waals surface area (Å²) in [4.78, 5) is 11.1. The number of rotatable bonds is 3. The first-order valence-corrected chi connectivity index (χ1v) is 6.71. The average molecular weight is 313 g/mol. The van der Waals surface area contributed by atoms with E-state index < -0.39 is 17.6 Å². The predicted octanol–water partition coefficient (Wildman–Crippen LogP) is 4.88. The van der Waals surface area contributed by atoms with Gasteiger partial charge in [-0.1, -0.05) is 13.8 Å². The summed E-state index contributed by atoms with van der Waals surface area (Å²) in [6.07, 6.45) is -4.09. The first-order valence-electron chi connectivity index (χ1n) is 6.71. The molecule has 0 N–H and O–H groups in total. The van der Waals surface area contributed by atoms with Crippen molar-refractivity contribution < 1.29 is 22.4 Å². The van der Waals surface area contributed by atoms with Gasteiger partial charge >= 0.3 is 6.18 Å². The smallest absolute Gasteiger partial charge is 0.317 e. The molecule has 1 aromatic carbocycles. The summed E-state index contributed by atoms with van der Waals surface area (Å²) < 4.78 is 54.3. The van der Waals surface area contributed by atoms with E-state index in [0.717, 1.165) is 12.1 Å². The lowest BCUT2D eigenvalue weighted by atomic mass is 10.1. The molecule has 22 heavy (non-hydrogen) atoms. The molecule has 0 radical (unpaired) electrons. The molecule has 0 atom stereocenters. The second-order valence-electron chi connectivity index (χ2n) is 5.38. The second-order valence-corrected chi connectivity index (χ2v) is 5.38. The topological polar surface area (TPSA) is 22.0 Å². The number of carbonyl (C=O) groups excluding carboxylic acids is 1. The summed E-state index contributed by atoms with van der Waals surface area (Å²) in [5.41, 5.74) is 0.0439. The van der Waals surface area contributed by atoms with Crippen molar-refractivity contribution in [2.24, 2.45) is 0 Å². The minimum absolute atomic E-state index is 0.0986.